The van der Waals surface area contributed by atoms with Gasteiger partial charge in [-0.2, -0.15) is 5.10 Å². The number of ether oxygens (including phenoxy) is 2. The van der Waals surface area contributed by atoms with Gasteiger partial charge in [0.15, 0.2) is 5.82 Å². The predicted molar refractivity (Wildman–Crippen MR) is 153 cm³/mol. The van der Waals surface area contributed by atoms with Crippen LogP contribution in [0.2, 0.25) is 0 Å². The molecule has 9 nitrogen and oxygen atoms in total. The Kier molecular flexibility index (Phi) is 8.04. The minimum absolute atomic E-state index is 0.00805. The number of pyridine rings is 1. The molecular formula is C30H33F2N7O2. The first-order chi connectivity index (χ1) is 20.1. The maximum absolute atomic E-state index is 14.7. The Balaban J connectivity index is 1.33. The van der Waals surface area contributed by atoms with E-state index in [1.54, 1.807) is 24.4 Å². The van der Waals surface area contributed by atoms with Crippen molar-refractivity contribution in [3.8, 4) is 28.3 Å². The molecule has 0 aliphatic carbocycles. The summed E-state index contributed by atoms with van der Waals surface area (Å²) in [5, 5.41) is 7.92. The van der Waals surface area contributed by atoms with Crippen LogP contribution in [0.5, 0.6) is 5.75 Å². The van der Waals surface area contributed by atoms with Gasteiger partial charge < -0.3 is 19.7 Å². The molecule has 0 radical (unpaired) electrons. The van der Waals surface area contributed by atoms with Gasteiger partial charge in [0.05, 0.1) is 31.6 Å². The van der Waals surface area contributed by atoms with Crippen LogP contribution in [0, 0.1) is 11.7 Å². The number of rotatable bonds is 8. The van der Waals surface area contributed by atoms with E-state index in [1.807, 2.05) is 23.1 Å². The normalized spacial score (nSPS) is 17.9. The summed E-state index contributed by atoms with van der Waals surface area (Å²) in [7, 11) is 1.48. The number of piperidine rings is 1. The molecule has 2 aliphatic heterocycles. The highest BCUT2D eigenvalue weighted by atomic mass is 19.1. The Morgan fingerprint density at radius 1 is 1.10 bits per heavy atom. The summed E-state index contributed by atoms with van der Waals surface area (Å²) in [4.78, 5) is 15.7. The third kappa shape index (κ3) is 5.85. The van der Waals surface area contributed by atoms with E-state index in [2.05, 4.69) is 31.5 Å². The van der Waals surface area contributed by atoms with E-state index in [9.17, 15) is 8.78 Å². The summed E-state index contributed by atoms with van der Waals surface area (Å²) < 4.78 is 41.3. The van der Waals surface area contributed by atoms with Crippen molar-refractivity contribution in [1.29, 1.82) is 0 Å². The lowest BCUT2D eigenvalue weighted by Gasteiger charge is -2.34. The Labute approximate surface area is 237 Å². The Morgan fingerprint density at radius 3 is 2.80 bits per heavy atom. The van der Waals surface area contributed by atoms with Crippen molar-refractivity contribution in [2.24, 2.45) is 5.92 Å². The van der Waals surface area contributed by atoms with Crippen molar-refractivity contribution < 1.29 is 18.3 Å². The van der Waals surface area contributed by atoms with Crippen molar-refractivity contribution in [3.05, 3.63) is 60.9 Å². The van der Waals surface area contributed by atoms with Gasteiger partial charge in [-0.15, -0.1) is 0 Å². The highest BCUT2D eigenvalue weighted by molar-refractivity contribution is 5.80. The zero-order valence-electron chi connectivity index (χ0n) is 23.0. The van der Waals surface area contributed by atoms with Gasteiger partial charge in [0, 0.05) is 73.7 Å². The van der Waals surface area contributed by atoms with Crippen LogP contribution in [0.4, 0.5) is 26.1 Å². The van der Waals surface area contributed by atoms with Crippen LogP contribution in [0.15, 0.2) is 55.1 Å². The molecular weight excluding hydrogens is 528 g/mol. The summed E-state index contributed by atoms with van der Waals surface area (Å²) in [6.07, 6.45) is 11.0. The highest BCUT2D eigenvalue weighted by Gasteiger charge is 2.24. The summed E-state index contributed by atoms with van der Waals surface area (Å²) in [6, 6.07) is 8.56. The van der Waals surface area contributed by atoms with E-state index in [-0.39, 0.29) is 24.0 Å². The van der Waals surface area contributed by atoms with Crippen LogP contribution in [-0.4, -0.2) is 64.8 Å². The molecule has 11 heteroatoms. The van der Waals surface area contributed by atoms with Gasteiger partial charge in [0.1, 0.15) is 23.2 Å². The second kappa shape index (κ2) is 12.2. The van der Waals surface area contributed by atoms with Crippen molar-refractivity contribution in [2.75, 3.05) is 50.3 Å². The lowest BCUT2D eigenvalue weighted by molar-refractivity contribution is 0.0662. The third-order valence-electron chi connectivity index (χ3n) is 7.77. The minimum atomic E-state index is -0.472. The van der Waals surface area contributed by atoms with Gasteiger partial charge in [-0.1, -0.05) is 6.07 Å². The van der Waals surface area contributed by atoms with Gasteiger partial charge in [-0.05, 0) is 43.9 Å². The van der Waals surface area contributed by atoms with E-state index in [0.717, 1.165) is 62.3 Å². The van der Waals surface area contributed by atoms with E-state index >= 15 is 0 Å². The molecule has 1 aromatic carbocycles. The van der Waals surface area contributed by atoms with Crippen LogP contribution in [0.3, 0.4) is 0 Å². The summed E-state index contributed by atoms with van der Waals surface area (Å²) in [5.74, 6) is 1.09. The molecule has 1 N–H and O–H groups in total. The van der Waals surface area contributed by atoms with Crippen molar-refractivity contribution in [1.82, 2.24) is 24.7 Å². The smallest absolute Gasteiger partial charge is 0.168 e. The predicted octanol–water partition coefficient (Wildman–Crippen LogP) is 5.83. The number of hydrogen-bond donors (Lipinski definition) is 1. The van der Waals surface area contributed by atoms with Crippen molar-refractivity contribution in [2.45, 2.75) is 31.7 Å². The topological polar surface area (TPSA) is 90.2 Å². The fourth-order valence-electron chi connectivity index (χ4n) is 5.60. The Bertz CT molecular complexity index is 1490. The summed E-state index contributed by atoms with van der Waals surface area (Å²) in [5.41, 5.74) is 3.05. The second-order valence-electron chi connectivity index (χ2n) is 10.5. The molecule has 6 rings (SSSR count). The number of hydrogen-bond acceptors (Lipinski definition) is 8. The summed E-state index contributed by atoms with van der Waals surface area (Å²) in [6.45, 7) is 2.59. The van der Waals surface area contributed by atoms with E-state index in [1.165, 1.54) is 13.2 Å². The highest BCUT2D eigenvalue weighted by Crippen LogP contribution is 2.36. The second-order valence-corrected chi connectivity index (χ2v) is 10.5. The van der Waals surface area contributed by atoms with Gasteiger partial charge in [0.25, 0.3) is 0 Å². The van der Waals surface area contributed by atoms with E-state index < -0.39 is 5.82 Å². The third-order valence-corrected chi connectivity index (χ3v) is 7.77. The summed E-state index contributed by atoms with van der Waals surface area (Å²) >= 11 is 0. The van der Waals surface area contributed by atoms with Gasteiger partial charge in [-0.3, -0.25) is 9.07 Å². The first kappa shape index (κ1) is 27.1. The lowest BCUT2D eigenvalue weighted by atomic mass is 9.97. The van der Waals surface area contributed by atoms with Crippen LogP contribution < -0.4 is 15.0 Å². The fourth-order valence-corrected chi connectivity index (χ4v) is 5.60. The van der Waals surface area contributed by atoms with Crippen LogP contribution >= 0.6 is 0 Å². The SMILES string of the molecule is COc1cccc(F)c1-c1nccc(Nc2cc(N3CCCC(CF)C3)c(-c3cnn(C4CCOCC4)c3)cn2)n1. The largest absolute Gasteiger partial charge is 0.496 e. The fraction of sp³-hybridized carbons (Fsp3) is 0.400. The lowest BCUT2D eigenvalue weighted by Crippen LogP contribution is -2.36. The minimum Gasteiger partial charge on any atom is -0.496 e. The quantitative estimate of drug-likeness (QED) is 0.287. The molecule has 4 aromatic rings. The molecule has 41 heavy (non-hydrogen) atoms. The van der Waals surface area contributed by atoms with Crippen LogP contribution in [-0.2, 0) is 4.74 Å². The maximum Gasteiger partial charge on any atom is 0.168 e. The molecule has 1 atom stereocenters. The number of anilines is 3. The number of methoxy groups -OCH3 is 1. The number of alkyl halides is 1. The monoisotopic (exact) mass is 561 g/mol. The first-order valence-corrected chi connectivity index (χ1v) is 14.0. The van der Waals surface area contributed by atoms with Crippen LogP contribution in [0.1, 0.15) is 31.7 Å². The van der Waals surface area contributed by atoms with Crippen molar-refractivity contribution in [3.63, 3.8) is 0 Å². The van der Waals surface area contributed by atoms with Crippen molar-refractivity contribution >= 4 is 17.3 Å². The Hall–Kier alpha value is -4.12. The van der Waals surface area contributed by atoms with E-state index in [4.69, 9.17) is 14.5 Å². The van der Waals surface area contributed by atoms with Gasteiger partial charge >= 0.3 is 0 Å². The molecule has 0 spiro atoms. The average Bonchev–Trinajstić information content (AvgIpc) is 3.52. The van der Waals surface area contributed by atoms with Gasteiger partial charge in [0.2, 0.25) is 0 Å². The van der Waals surface area contributed by atoms with E-state index in [0.29, 0.717) is 30.0 Å². The molecule has 2 saturated heterocycles. The number of aromatic nitrogens is 5. The standard InChI is InChI=1S/C30H33F2N7O2/c1-40-26-6-2-5-24(32)29(26)30-33-10-7-27(37-30)36-28-14-25(38-11-3-4-20(15-31)18-38)23(17-34-28)21-16-35-39(19-21)22-8-12-41-13-9-22/h2,5-7,10,14,16-17,19-20,22H,3-4,8-9,11-13,15,18H2,1H3,(H,33,34,36,37). The molecule has 0 bridgehead atoms. The average molecular weight is 562 g/mol. The van der Waals surface area contributed by atoms with Crippen LogP contribution in [0.25, 0.3) is 22.5 Å². The van der Waals surface area contributed by atoms with Gasteiger partial charge in [-0.25, -0.2) is 19.3 Å². The number of nitrogens with zero attached hydrogens (tertiary/aromatic N) is 6. The molecule has 1 unspecified atom stereocenters. The zero-order chi connectivity index (χ0) is 28.2. The molecule has 214 valence electrons. The molecule has 2 fully saturated rings. The molecule has 2 aliphatic rings. The molecule has 3 aromatic heterocycles. The Morgan fingerprint density at radius 2 is 1.98 bits per heavy atom. The maximum atomic E-state index is 14.7. The number of nitrogens with one attached hydrogen (secondary N) is 1. The molecule has 0 saturated carbocycles. The molecule has 0 amide bonds. The number of halogens is 2. The molecule has 5 heterocycles. The number of benzene rings is 1. The zero-order valence-corrected chi connectivity index (χ0v) is 23.0. The first-order valence-electron chi connectivity index (χ1n) is 14.0.